The van der Waals surface area contributed by atoms with Gasteiger partial charge in [-0.1, -0.05) is 31.9 Å². The average molecular weight is 516 g/mol. The molecule has 1 unspecified atom stereocenters. The number of amides is 1. The number of carbonyl (C=O) groups excluding carboxylic acids is 1. The van der Waals surface area contributed by atoms with Gasteiger partial charge in [-0.2, -0.15) is 0 Å². The van der Waals surface area contributed by atoms with Gasteiger partial charge in [-0.25, -0.2) is 0 Å². The second-order valence-electron chi connectivity index (χ2n) is 7.60. The minimum Gasteiger partial charge on any atom is -0.490 e. The van der Waals surface area contributed by atoms with Crippen LogP contribution in [0, 0.1) is 6.92 Å². The van der Waals surface area contributed by atoms with Crippen molar-refractivity contribution >= 4 is 35.8 Å². The number of nitrogens with zero attached hydrogens (tertiary/aromatic N) is 1. The highest BCUT2D eigenvalue weighted by molar-refractivity contribution is 14.0. The molecule has 29 heavy (non-hydrogen) atoms. The van der Waals surface area contributed by atoms with Gasteiger partial charge in [0.15, 0.2) is 5.96 Å². The molecule has 3 N–H and O–H groups in total. The van der Waals surface area contributed by atoms with E-state index in [-0.39, 0.29) is 36.0 Å². The molecule has 1 aliphatic carbocycles. The summed E-state index contributed by atoms with van der Waals surface area (Å²) in [6, 6.07) is 6.62. The number of rotatable bonds is 9. The summed E-state index contributed by atoms with van der Waals surface area (Å²) in [4.78, 5) is 16.3. The Morgan fingerprint density at radius 2 is 2.00 bits per heavy atom. The standard InChI is InChI=1S/C22H36N4O2.HI/c1-5-17(3)28-20-14-16(2)10-11-18(20)15-25-22(23-4)24-13-12-21(27)26-19-8-6-7-9-19;/h10-11,14,17,19H,5-9,12-13,15H2,1-4H3,(H,26,27)(H2,23,24,25);1H. The van der Waals surface area contributed by atoms with Crippen LogP contribution in [0.15, 0.2) is 23.2 Å². The highest BCUT2D eigenvalue weighted by Crippen LogP contribution is 2.22. The van der Waals surface area contributed by atoms with Crippen LogP contribution in [0.1, 0.15) is 63.5 Å². The van der Waals surface area contributed by atoms with Gasteiger partial charge in [0.25, 0.3) is 0 Å². The van der Waals surface area contributed by atoms with Gasteiger partial charge < -0.3 is 20.7 Å². The van der Waals surface area contributed by atoms with Crippen molar-refractivity contribution in [3.63, 3.8) is 0 Å². The van der Waals surface area contributed by atoms with Crippen molar-refractivity contribution in [1.82, 2.24) is 16.0 Å². The highest BCUT2D eigenvalue weighted by Gasteiger charge is 2.16. The quantitative estimate of drug-likeness (QED) is 0.265. The van der Waals surface area contributed by atoms with E-state index in [9.17, 15) is 4.79 Å². The van der Waals surface area contributed by atoms with Crippen LogP contribution in [0.25, 0.3) is 0 Å². The van der Waals surface area contributed by atoms with Crippen LogP contribution in [0.2, 0.25) is 0 Å². The van der Waals surface area contributed by atoms with E-state index in [1.54, 1.807) is 7.05 Å². The molecule has 0 saturated heterocycles. The Morgan fingerprint density at radius 3 is 2.66 bits per heavy atom. The Morgan fingerprint density at radius 1 is 1.28 bits per heavy atom. The van der Waals surface area contributed by atoms with Crippen LogP contribution < -0.4 is 20.7 Å². The summed E-state index contributed by atoms with van der Waals surface area (Å²) in [6.45, 7) is 7.43. The second kappa shape index (κ2) is 13.7. The van der Waals surface area contributed by atoms with Crippen molar-refractivity contribution < 1.29 is 9.53 Å². The number of ether oxygens (including phenoxy) is 1. The van der Waals surface area contributed by atoms with Gasteiger partial charge in [-0.15, -0.1) is 24.0 Å². The van der Waals surface area contributed by atoms with Crippen molar-refractivity contribution in [2.45, 2.75) is 78.0 Å². The third kappa shape index (κ3) is 9.23. The van der Waals surface area contributed by atoms with Gasteiger partial charge in [0.05, 0.1) is 6.10 Å². The largest absolute Gasteiger partial charge is 0.490 e. The molecule has 0 heterocycles. The van der Waals surface area contributed by atoms with Gasteiger partial charge in [0.1, 0.15) is 5.75 Å². The molecule has 1 aromatic carbocycles. The van der Waals surface area contributed by atoms with Crippen LogP contribution in [0.4, 0.5) is 0 Å². The molecule has 0 spiro atoms. The number of hydrogen-bond donors (Lipinski definition) is 3. The van der Waals surface area contributed by atoms with E-state index in [2.05, 4.69) is 59.9 Å². The summed E-state index contributed by atoms with van der Waals surface area (Å²) in [6.07, 6.45) is 6.26. The topological polar surface area (TPSA) is 74.8 Å². The summed E-state index contributed by atoms with van der Waals surface area (Å²) in [7, 11) is 1.74. The molecule has 0 bridgehead atoms. The lowest BCUT2D eigenvalue weighted by atomic mass is 10.1. The Hall–Kier alpha value is -1.51. The van der Waals surface area contributed by atoms with E-state index in [0.29, 0.717) is 31.5 Å². The molecule has 1 saturated carbocycles. The summed E-state index contributed by atoms with van der Waals surface area (Å²) >= 11 is 0. The van der Waals surface area contributed by atoms with Crippen molar-refractivity contribution in [3.8, 4) is 5.75 Å². The number of aliphatic imine (C=N–C) groups is 1. The molecule has 0 aliphatic heterocycles. The number of nitrogens with one attached hydrogen (secondary N) is 3. The zero-order chi connectivity index (χ0) is 20.4. The fourth-order valence-electron chi connectivity index (χ4n) is 3.28. The first-order valence-corrected chi connectivity index (χ1v) is 10.5. The van der Waals surface area contributed by atoms with Gasteiger partial charge in [0.2, 0.25) is 5.91 Å². The van der Waals surface area contributed by atoms with Crippen molar-refractivity contribution in [2.75, 3.05) is 13.6 Å². The monoisotopic (exact) mass is 516 g/mol. The molecule has 7 heteroatoms. The number of benzene rings is 1. The molecule has 1 amide bonds. The number of aryl methyl sites for hydroxylation is 1. The zero-order valence-corrected chi connectivity index (χ0v) is 20.5. The van der Waals surface area contributed by atoms with Crippen LogP contribution >= 0.6 is 24.0 Å². The number of halogens is 1. The van der Waals surface area contributed by atoms with E-state index in [4.69, 9.17) is 4.74 Å². The Bertz CT molecular complexity index is 660. The molecule has 6 nitrogen and oxygen atoms in total. The van der Waals surface area contributed by atoms with Gasteiger partial charge in [-0.05, 0) is 44.7 Å². The van der Waals surface area contributed by atoms with Crippen molar-refractivity contribution in [2.24, 2.45) is 4.99 Å². The first-order valence-electron chi connectivity index (χ1n) is 10.5. The fourth-order valence-corrected chi connectivity index (χ4v) is 3.28. The minimum atomic E-state index is 0. The fraction of sp³-hybridized carbons (Fsp3) is 0.636. The van der Waals surface area contributed by atoms with E-state index in [1.165, 1.54) is 18.4 Å². The Balaban J connectivity index is 0.00000420. The van der Waals surface area contributed by atoms with Gasteiger partial charge >= 0.3 is 0 Å². The lowest BCUT2D eigenvalue weighted by Gasteiger charge is -2.18. The molecule has 1 aromatic rings. The van der Waals surface area contributed by atoms with E-state index in [0.717, 1.165) is 30.6 Å². The molecular formula is C22H37IN4O2. The van der Waals surface area contributed by atoms with Crippen molar-refractivity contribution in [3.05, 3.63) is 29.3 Å². The minimum absolute atomic E-state index is 0. The lowest BCUT2D eigenvalue weighted by molar-refractivity contribution is -0.121. The summed E-state index contributed by atoms with van der Waals surface area (Å²) in [5.41, 5.74) is 2.27. The predicted molar refractivity (Wildman–Crippen MR) is 130 cm³/mol. The Kier molecular flexibility index (Phi) is 12.0. The maximum atomic E-state index is 12.0. The van der Waals surface area contributed by atoms with Crippen LogP contribution in [0.5, 0.6) is 5.75 Å². The number of hydrogen-bond acceptors (Lipinski definition) is 3. The first kappa shape index (κ1) is 25.5. The third-order valence-corrected chi connectivity index (χ3v) is 5.16. The molecular weight excluding hydrogens is 479 g/mol. The molecule has 1 atom stereocenters. The maximum Gasteiger partial charge on any atom is 0.221 e. The number of guanidine groups is 1. The van der Waals surface area contributed by atoms with Crippen LogP contribution in [-0.4, -0.2) is 37.6 Å². The van der Waals surface area contributed by atoms with E-state index < -0.39 is 0 Å². The lowest BCUT2D eigenvalue weighted by Crippen LogP contribution is -2.40. The van der Waals surface area contributed by atoms with E-state index >= 15 is 0 Å². The van der Waals surface area contributed by atoms with Gasteiger partial charge in [-0.3, -0.25) is 9.79 Å². The van der Waals surface area contributed by atoms with E-state index in [1.807, 2.05) is 0 Å². The normalized spacial score (nSPS) is 15.4. The Labute approximate surface area is 192 Å². The molecule has 0 radical (unpaired) electrons. The predicted octanol–water partition coefficient (Wildman–Crippen LogP) is 3.90. The highest BCUT2D eigenvalue weighted by atomic mass is 127. The van der Waals surface area contributed by atoms with Crippen LogP contribution in [0.3, 0.4) is 0 Å². The molecule has 1 fully saturated rings. The smallest absolute Gasteiger partial charge is 0.221 e. The molecule has 164 valence electrons. The van der Waals surface area contributed by atoms with Crippen molar-refractivity contribution in [1.29, 1.82) is 0 Å². The van der Waals surface area contributed by atoms with Crippen LogP contribution in [-0.2, 0) is 11.3 Å². The molecule has 0 aromatic heterocycles. The summed E-state index contributed by atoms with van der Waals surface area (Å²) in [5.74, 6) is 1.70. The zero-order valence-electron chi connectivity index (χ0n) is 18.2. The second-order valence-corrected chi connectivity index (χ2v) is 7.60. The molecule has 2 rings (SSSR count). The summed E-state index contributed by atoms with van der Waals surface area (Å²) in [5, 5.41) is 9.64. The maximum absolute atomic E-state index is 12.0. The third-order valence-electron chi connectivity index (χ3n) is 5.16. The van der Waals surface area contributed by atoms with Gasteiger partial charge in [0, 0.05) is 38.2 Å². The average Bonchev–Trinajstić information content (AvgIpc) is 3.18. The molecule has 1 aliphatic rings. The number of carbonyl (C=O) groups is 1. The SMILES string of the molecule is CCC(C)Oc1cc(C)ccc1CNC(=NC)NCCC(=O)NC1CCCC1.I. The first-order chi connectivity index (χ1) is 13.5. The summed E-state index contributed by atoms with van der Waals surface area (Å²) < 4.78 is 6.06.